The molecule has 1 N–H and O–H groups in total. The second kappa shape index (κ2) is 8.24. The van der Waals surface area contributed by atoms with Crippen molar-refractivity contribution in [2.45, 2.75) is 13.5 Å². The van der Waals surface area contributed by atoms with Crippen LogP contribution in [0.5, 0.6) is 11.5 Å². The maximum atomic E-state index is 12.4. The summed E-state index contributed by atoms with van der Waals surface area (Å²) in [6, 6.07) is 21.6. The second-order valence-corrected chi connectivity index (χ2v) is 8.16. The number of amides is 1. The number of fused-ring (bicyclic) bond motifs is 1. The molecule has 0 saturated heterocycles. The van der Waals surface area contributed by atoms with E-state index in [0.29, 0.717) is 12.1 Å². The molecule has 5 rings (SSSR count). The number of carbonyl (C=O) groups is 1. The number of thiazole rings is 1. The number of benzene rings is 3. The summed E-state index contributed by atoms with van der Waals surface area (Å²) in [6.45, 7) is 2.68. The minimum atomic E-state index is -0.0598. The number of hydrogen-bond acceptors (Lipinski definition) is 5. The van der Waals surface area contributed by atoms with Gasteiger partial charge in [0.1, 0.15) is 5.01 Å². The molecular weight excluding hydrogens is 408 g/mol. The molecule has 0 saturated carbocycles. The van der Waals surface area contributed by atoms with Crippen LogP contribution < -0.4 is 14.8 Å². The average Bonchev–Trinajstić information content (AvgIpc) is 3.47. The Balaban J connectivity index is 1.26. The number of rotatable bonds is 5. The van der Waals surface area contributed by atoms with Gasteiger partial charge in [0.15, 0.2) is 11.5 Å². The van der Waals surface area contributed by atoms with Gasteiger partial charge in [-0.3, -0.25) is 4.79 Å². The first-order valence-electron chi connectivity index (χ1n) is 9.96. The van der Waals surface area contributed by atoms with E-state index in [1.807, 2.05) is 79.0 Å². The van der Waals surface area contributed by atoms with Crippen LogP contribution in [0.15, 0.2) is 72.1 Å². The van der Waals surface area contributed by atoms with Crippen molar-refractivity contribution in [3.63, 3.8) is 0 Å². The van der Waals surface area contributed by atoms with Crippen molar-refractivity contribution < 1.29 is 14.3 Å². The summed E-state index contributed by atoms with van der Waals surface area (Å²) in [6.07, 6.45) is 0. The Morgan fingerprint density at radius 3 is 2.61 bits per heavy atom. The Kier molecular flexibility index (Phi) is 5.14. The van der Waals surface area contributed by atoms with Crippen LogP contribution in [0.2, 0.25) is 0 Å². The van der Waals surface area contributed by atoms with E-state index in [1.165, 1.54) is 0 Å². The van der Waals surface area contributed by atoms with Crippen molar-refractivity contribution in [1.29, 1.82) is 0 Å². The topological polar surface area (TPSA) is 60.5 Å². The van der Waals surface area contributed by atoms with E-state index in [1.54, 1.807) is 11.3 Å². The standard InChI is InChI=1S/C25H20N2O3S/c1-16-4-2-3-5-20(16)24(28)26-13-17-6-8-18(9-7-17)25-27-21(14-31-25)19-10-11-22-23(12-19)30-15-29-22/h2-12,14H,13,15H2,1H3,(H,26,28). The normalized spacial score (nSPS) is 12.0. The Labute approximate surface area is 184 Å². The third kappa shape index (κ3) is 4.02. The molecule has 5 nitrogen and oxygen atoms in total. The van der Waals surface area contributed by atoms with Crippen molar-refractivity contribution in [2.75, 3.05) is 6.79 Å². The fourth-order valence-electron chi connectivity index (χ4n) is 3.47. The monoisotopic (exact) mass is 428 g/mol. The quantitative estimate of drug-likeness (QED) is 0.460. The van der Waals surface area contributed by atoms with Gasteiger partial charge in [0, 0.05) is 28.6 Å². The summed E-state index contributed by atoms with van der Waals surface area (Å²) in [7, 11) is 0. The highest BCUT2D eigenvalue weighted by molar-refractivity contribution is 7.13. The number of nitrogens with zero attached hydrogens (tertiary/aromatic N) is 1. The summed E-state index contributed by atoms with van der Waals surface area (Å²) >= 11 is 1.60. The first kappa shape index (κ1) is 19.3. The fraction of sp³-hybridized carbons (Fsp3) is 0.120. The lowest BCUT2D eigenvalue weighted by molar-refractivity contribution is 0.0950. The Bertz CT molecular complexity index is 1250. The molecule has 2 heterocycles. The Hall–Kier alpha value is -3.64. The van der Waals surface area contributed by atoms with E-state index in [2.05, 4.69) is 5.32 Å². The summed E-state index contributed by atoms with van der Waals surface area (Å²) < 4.78 is 10.8. The van der Waals surface area contributed by atoms with Crippen molar-refractivity contribution in [2.24, 2.45) is 0 Å². The van der Waals surface area contributed by atoms with Crippen LogP contribution in [-0.4, -0.2) is 17.7 Å². The molecule has 0 atom stereocenters. The Morgan fingerprint density at radius 2 is 1.77 bits per heavy atom. The predicted octanol–water partition coefficient (Wildman–Crippen LogP) is 5.44. The summed E-state index contributed by atoms with van der Waals surface area (Å²) in [4.78, 5) is 17.2. The maximum Gasteiger partial charge on any atom is 0.251 e. The van der Waals surface area contributed by atoms with Gasteiger partial charge in [-0.1, -0.05) is 42.5 Å². The zero-order valence-electron chi connectivity index (χ0n) is 16.9. The first-order valence-corrected chi connectivity index (χ1v) is 10.8. The van der Waals surface area contributed by atoms with E-state index in [4.69, 9.17) is 14.5 Å². The smallest absolute Gasteiger partial charge is 0.251 e. The Morgan fingerprint density at radius 1 is 1.00 bits per heavy atom. The highest BCUT2D eigenvalue weighted by atomic mass is 32.1. The van der Waals surface area contributed by atoms with Gasteiger partial charge in [-0.05, 0) is 42.3 Å². The molecule has 4 aromatic rings. The van der Waals surface area contributed by atoms with Gasteiger partial charge >= 0.3 is 0 Å². The number of carbonyl (C=O) groups excluding carboxylic acids is 1. The van der Waals surface area contributed by atoms with Gasteiger partial charge in [0.25, 0.3) is 5.91 Å². The van der Waals surface area contributed by atoms with Crippen molar-refractivity contribution in [3.8, 4) is 33.3 Å². The molecule has 6 heteroatoms. The molecule has 0 spiro atoms. The summed E-state index contributed by atoms with van der Waals surface area (Å²) in [5.41, 5.74) is 5.68. The van der Waals surface area contributed by atoms with Crippen LogP contribution in [-0.2, 0) is 6.54 Å². The number of aryl methyl sites for hydroxylation is 1. The highest BCUT2D eigenvalue weighted by Crippen LogP contribution is 2.37. The fourth-order valence-corrected chi connectivity index (χ4v) is 4.30. The molecule has 3 aromatic carbocycles. The van der Waals surface area contributed by atoms with E-state index in [9.17, 15) is 4.79 Å². The molecular formula is C25H20N2O3S. The third-order valence-electron chi connectivity index (χ3n) is 5.22. The van der Waals surface area contributed by atoms with Crippen LogP contribution >= 0.6 is 11.3 Å². The van der Waals surface area contributed by atoms with Crippen molar-refractivity contribution in [3.05, 3.63) is 88.8 Å². The van der Waals surface area contributed by atoms with Gasteiger partial charge in [-0.2, -0.15) is 0 Å². The minimum Gasteiger partial charge on any atom is -0.454 e. The van der Waals surface area contributed by atoms with Gasteiger partial charge in [0.2, 0.25) is 6.79 Å². The largest absolute Gasteiger partial charge is 0.454 e. The molecule has 0 unspecified atom stereocenters. The lowest BCUT2D eigenvalue weighted by Gasteiger charge is -2.08. The molecule has 1 aromatic heterocycles. The maximum absolute atomic E-state index is 12.4. The average molecular weight is 429 g/mol. The SMILES string of the molecule is Cc1ccccc1C(=O)NCc1ccc(-c2nc(-c3ccc4c(c3)OCO4)cs2)cc1. The molecule has 0 fully saturated rings. The van der Waals surface area contributed by atoms with Crippen LogP contribution in [0.4, 0.5) is 0 Å². The number of hydrogen-bond donors (Lipinski definition) is 1. The molecule has 1 amide bonds. The summed E-state index contributed by atoms with van der Waals surface area (Å²) in [5, 5.41) is 5.98. The van der Waals surface area contributed by atoms with E-state index >= 15 is 0 Å². The minimum absolute atomic E-state index is 0.0598. The van der Waals surface area contributed by atoms with Crippen LogP contribution in [0, 0.1) is 6.92 Å². The number of aromatic nitrogens is 1. The van der Waals surface area contributed by atoms with E-state index in [-0.39, 0.29) is 12.7 Å². The number of nitrogens with one attached hydrogen (secondary N) is 1. The first-order chi connectivity index (χ1) is 15.2. The molecule has 0 radical (unpaired) electrons. The third-order valence-corrected chi connectivity index (χ3v) is 6.11. The van der Waals surface area contributed by atoms with Crippen molar-refractivity contribution in [1.82, 2.24) is 10.3 Å². The summed E-state index contributed by atoms with van der Waals surface area (Å²) in [5.74, 6) is 1.46. The van der Waals surface area contributed by atoms with Crippen LogP contribution in [0.1, 0.15) is 21.5 Å². The van der Waals surface area contributed by atoms with Gasteiger partial charge in [0.05, 0.1) is 5.69 Å². The van der Waals surface area contributed by atoms with Crippen molar-refractivity contribution >= 4 is 17.2 Å². The zero-order valence-corrected chi connectivity index (χ0v) is 17.7. The molecule has 1 aliphatic rings. The molecule has 0 aliphatic carbocycles. The van der Waals surface area contributed by atoms with Gasteiger partial charge in [-0.15, -0.1) is 11.3 Å². The second-order valence-electron chi connectivity index (χ2n) is 7.30. The van der Waals surface area contributed by atoms with Crippen LogP contribution in [0.25, 0.3) is 21.8 Å². The van der Waals surface area contributed by atoms with E-state index < -0.39 is 0 Å². The van der Waals surface area contributed by atoms with Gasteiger partial charge in [-0.25, -0.2) is 4.98 Å². The van der Waals surface area contributed by atoms with Crippen LogP contribution in [0.3, 0.4) is 0 Å². The highest BCUT2D eigenvalue weighted by Gasteiger charge is 2.15. The van der Waals surface area contributed by atoms with Gasteiger partial charge < -0.3 is 14.8 Å². The zero-order chi connectivity index (χ0) is 21.2. The van der Waals surface area contributed by atoms with E-state index in [0.717, 1.165) is 44.5 Å². The molecule has 0 bridgehead atoms. The number of ether oxygens (including phenoxy) is 2. The lowest BCUT2D eigenvalue weighted by Crippen LogP contribution is -2.23. The molecule has 31 heavy (non-hydrogen) atoms. The lowest BCUT2D eigenvalue weighted by atomic mass is 10.1. The molecule has 1 aliphatic heterocycles. The predicted molar refractivity (Wildman–Crippen MR) is 121 cm³/mol. The molecule has 154 valence electrons.